The minimum Gasteiger partial charge on any atom is -0.494 e. The topological polar surface area (TPSA) is 71.5 Å². The number of anilines is 2. The van der Waals surface area contributed by atoms with Gasteiger partial charge in [-0.15, -0.1) is 0 Å². The van der Waals surface area contributed by atoms with Gasteiger partial charge in [-0.25, -0.2) is 4.98 Å². The molecule has 1 saturated carbocycles. The highest BCUT2D eigenvalue weighted by Gasteiger charge is 2.22. The van der Waals surface area contributed by atoms with Crippen molar-refractivity contribution in [3.63, 3.8) is 0 Å². The highest BCUT2D eigenvalue weighted by molar-refractivity contribution is 5.90. The maximum absolute atomic E-state index is 5.83. The molecule has 0 bridgehead atoms. The van der Waals surface area contributed by atoms with Crippen LogP contribution in [0.5, 0.6) is 11.5 Å². The molecule has 0 spiro atoms. The van der Waals surface area contributed by atoms with Gasteiger partial charge in [0.25, 0.3) is 0 Å². The Balaban J connectivity index is 1.29. The standard InChI is InChI=1S/C28H39N5O2/c1-5-34-23-15-16-26(35-6-2)21(17-23)19-29-22-13-11-20(12-14-22)18-30-28-31-25-10-8-7-9-24(25)27(32-28)33(3)4/h7-10,15-17,20,22,29H,5-6,11-14,18-19H2,1-4H3,(H,30,31,32)/t20-,22+. The summed E-state index contributed by atoms with van der Waals surface area (Å²) in [6, 6.07) is 14.8. The molecule has 7 heteroatoms. The molecule has 0 saturated heterocycles. The third kappa shape index (κ3) is 6.54. The van der Waals surface area contributed by atoms with Crippen LogP contribution in [0.25, 0.3) is 10.9 Å². The molecule has 188 valence electrons. The molecule has 0 radical (unpaired) electrons. The second-order valence-electron chi connectivity index (χ2n) is 9.40. The van der Waals surface area contributed by atoms with Crippen molar-refractivity contribution in [1.82, 2.24) is 15.3 Å². The van der Waals surface area contributed by atoms with Crippen LogP contribution in [-0.4, -0.2) is 49.9 Å². The Hall–Kier alpha value is -3.06. The summed E-state index contributed by atoms with van der Waals surface area (Å²) in [6.45, 7) is 7.06. The molecular formula is C28H39N5O2. The van der Waals surface area contributed by atoms with Gasteiger partial charge >= 0.3 is 0 Å². The number of nitrogens with zero attached hydrogens (tertiary/aromatic N) is 3. The third-order valence-corrected chi connectivity index (χ3v) is 6.63. The summed E-state index contributed by atoms with van der Waals surface area (Å²) in [5.74, 6) is 4.13. The van der Waals surface area contributed by atoms with E-state index in [0.717, 1.165) is 46.9 Å². The van der Waals surface area contributed by atoms with Crippen molar-refractivity contribution in [3.05, 3.63) is 48.0 Å². The van der Waals surface area contributed by atoms with Gasteiger partial charge in [-0.1, -0.05) is 12.1 Å². The van der Waals surface area contributed by atoms with Gasteiger partial charge < -0.3 is 25.0 Å². The molecule has 2 N–H and O–H groups in total. The van der Waals surface area contributed by atoms with Crippen LogP contribution >= 0.6 is 0 Å². The summed E-state index contributed by atoms with van der Waals surface area (Å²) in [5.41, 5.74) is 2.13. The van der Waals surface area contributed by atoms with Gasteiger partial charge in [0.05, 0.1) is 18.7 Å². The molecule has 1 fully saturated rings. The van der Waals surface area contributed by atoms with Gasteiger partial charge in [0.15, 0.2) is 0 Å². The predicted octanol–water partition coefficient (Wildman–Crippen LogP) is 5.25. The molecule has 0 amide bonds. The first-order valence-corrected chi connectivity index (χ1v) is 12.9. The van der Waals surface area contributed by atoms with Crippen molar-refractivity contribution in [1.29, 1.82) is 0 Å². The zero-order valence-electron chi connectivity index (χ0n) is 21.5. The molecule has 0 aliphatic heterocycles. The molecule has 7 nitrogen and oxygen atoms in total. The van der Waals surface area contributed by atoms with Crippen molar-refractivity contribution in [2.45, 2.75) is 52.1 Å². The Morgan fingerprint density at radius 3 is 2.46 bits per heavy atom. The number of nitrogens with one attached hydrogen (secondary N) is 2. The number of fused-ring (bicyclic) bond motifs is 1. The van der Waals surface area contributed by atoms with Gasteiger partial charge in [-0.2, -0.15) is 4.98 Å². The number of para-hydroxylation sites is 1. The second-order valence-corrected chi connectivity index (χ2v) is 9.40. The smallest absolute Gasteiger partial charge is 0.225 e. The van der Waals surface area contributed by atoms with Crippen LogP contribution in [-0.2, 0) is 6.54 Å². The highest BCUT2D eigenvalue weighted by atomic mass is 16.5. The van der Waals surface area contributed by atoms with Crippen LogP contribution in [0.1, 0.15) is 45.1 Å². The van der Waals surface area contributed by atoms with Crippen LogP contribution in [0.4, 0.5) is 11.8 Å². The zero-order valence-corrected chi connectivity index (χ0v) is 21.5. The van der Waals surface area contributed by atoms with Crippen LogP contribution in [0.15, 0.2) is 42.5 Å². The summed E-state index contributed by atoms with van der Waals surface area (Å²) < 4.78 is 11.5. The lowest BCUT2D eigenvalue weighted by Gasteiger charge is -2.29. The van der Waals surface area contributed by atoms with Crippen molar-refractivity contribution >= 4 is 22.7 Å². The SMILES string of the molecule is CCOc1ccc(OCC)c(CN[C@H]2CC[C@@H](CNc3nc(N(C)C)c4ccccc4n3)CC2)c1. The van der Waals surface area contributed by atoms with Crippen LogP contribution in [0.3, 0.4) is 0 Å². The number of ether oxygens (including phenoxy) is 2. The first-order valence-electron chi connectivity index (χ1n) is 12.9. The van der Waals surface area contributed by atoms with Crippen LogP contribution in [0.2, 0.25) is 0 Å². The Labute approximate surface area is 209 Å². The van der Waals surface area contributed by atoms with Gasteiger partial charge in [0.2, 0.25) is 5.95 Å². The van der Waals surface area contributed by atoms with Crippen LogP contribution in [0, 0.1) is 5.92 Å². The maximum atomic E-state index is 5.83. The summed E-state index contributed by atoms with van der Waals surface area (Å²) >= 11 is 0. The molecule has 0 atom stereocenters. The lowest BCUT2D eigenvalue weighted by molar-refractivity contribution is 0.295. The monoisotopic (exact) mass is 477 g/mol. The first-order chi connectivity index (χ1) is 17.1. The number of hydrogen-bond donors (Lipinski definition) is 2. The van der Waals surface area contributed by atoms with Crippen molar-refractivity contribution in [3.8, 4) is 11.5 Å². The third-order valence-electron chi connectivity index (χ3n) is 6.63. The largest absolute Gasteiger partial charge is 0.494 e. The number of benzene rings is 2. The molecule has 4 rings (SSSR count). The minimum atomic E-state index is 0.522. The van der Waals surface area contributed by atoms with Gasteiger partial charge in [-0.05, 0) is 75.8 Å². The maximum Gasteiger partial charge on any atom is 0.225 e. The minimum absolute atomic E-state index is 0.522. The van der Waals surface area contributed by atoms with E-state index in [-0.39, 0.29) is 0 Å². The van der Waals surface area contributed by atoms with E-state index in [4.69, 9.17) is 19.4 Å². The summed E-state index contributed by atoms with van der Waals surface area (Å²) in [6.07, 6.45) is 4.72. The van der Waals surface area contributed by atoms with E-state index in [1.807, 2.05) is 63.2 Å². The summed E-state index contributed by atoms with van der Waals surface area (Å²) in [5, 5.41) is 8.35. The van der Waals surface area contributed by atoms with E-state index in [1.165, 1.54) is 25.7 Å². The average Bonchev–Trinajstić information content (AvgIpc) is 2.87. The van der Waals surface area contributed by atoms with E-state index < -0.39 is 0 Å². The Bertz CT molecular complexity index is 1100. The van der Waals surface area contributed by atoms with Crippen LogP contribution < -0.4 is 25.0 Å². The quantitative estimate of drug-likeness (QED) is 0.391. The molecule has 3 aromatic rings. The number of aromatic nitrogens is 2. The highest BCUT2D eigenvalue weighted by Crippen LogP contribution is 2.28. The lowest BCUT2D eigenvalue weighted by Crippen LogP contribution is -2.34. The molecule has 0 unspecified atom stereocenters. The molecule has 1 aliphatic carbocycles. The molecule has 1 heterocycles. The fraction of sp³-hybridized carbons (Fsp3) is 0.500. The Kier molecular flexibility index (Phi) is 8.64. The fourth-order valence-electron chi connectivity index (χ4n) is 4.79. The zero-order chi connectivity index (χ0) is 24.6. The van der Waals surface area contributed by atoms with E-state index in [0.29, 0.717) is 31.1 Å². The molecule has 1 aromatic heterocycles. The molecule has 1 aliphatic rings. The Morgan fingerprint density at radius 1 is 0.943 bits per heavy atom. The fourth-order valence-corrected chi connectivity index (χ4v) is 4.79. The van der Waals surface area contributed by atoms with Gasteiger partial charge in [0.1, 0.15) is 17.3 Å². The van der Waals surface area contributed by atoms with E-state index >= 15 is 0 Å². The molecule has 35 heavy (non-hydrogen) atoms. The van der Waals surface area contributed by atoms with Crippen molar-refractivity contribution in [2.24, 2.45) is 5.92 Å². The average molecular weight is 478 g/mol. The van der Waals surface area contributed by atoms with Gasteiger partial charge in [-0.3, -0.25) is 0 Å². The Morgan fingerprint density at radius 2 is 1.71 bits per heavy atom. The van der Waals surface area contributed by atoms with E-state index in [2.05, 4.69) is 22.8 Å². The van der Waals surface area contributed by atoms with Gasteiger partial charge in [0, 0.05) is 44.2 Å². The summed E-state index contributed by atoms with van der Waals surface area (Å²) in [7, 11) is 4.05. The van der Waals surface area contributed by atoms with Crippen molar-refractivity contribution in [2.75, 3.05) is 44.1 Å². The van der Waals surface area contributed by atoms with E-state index in [9.17, 15) is 0 Å². The lowest BCUT2D eigenvalue weighted by atomic mass is 9.86. The first kappa shape index (κ1) is 25.0. The second kappa shape index (κ2) is 12.1. The van der Waals surface area contributed by atoms with E-state index in [1.54, 1.807) is 0 Å². The number of rotatable bonds is 11. The predicted molar refractivity (Wildman–Crippen MR) is 144 cm³/mol. The normalized spacial score (nSPS) is 17.8. The van der Waals surface area contributed by atoms with Crippen molar-refractivity contribution < 1.29 is 9.47 Å². The number of hydrogen-bond acceptors (Lipinski definition) is 7. The molecular weight excluding hydrogens is 438 g/mol. The summed E-state index contributed by atoms with van der Waals surface area (Å²) in [4.78, 5) is 11.6. The molecule has 2 aromatic carbocycles.